The van der Waals surface area contributed by atoms with Gasteiger partial charge in [0, 0.05) is 5.69 Å². The summed E-state index contributed by atoms with van der Waals surface area (Å²) in [7, 11) is 2.38. The van der Waals surface area contributed by atoms with Gasteiger partial charge in [-0.15, -0.1) is 0 Å². The number of hydrogen-bond acceptors (Lipinski definition) is 8. The summed E-state index contributed by atoms with van der Waals surface area (Å²) >= 11 is 0. The van der Waals surface area contributed by atoms with E-state index in [1.165, 1.54) is 43.5 Å². The average Bonchev–Trinajstić information content (AvgIpc) is 3.28. The van der Waals surface area contributed by atoms with E-state index >= 15 is 0 Å². The highest BCUT2D eigenvalue weighted by atomic mass is 16.6. The highest BCUT2D eigenvalue weighted by Crippen LogP contribution is 2.26. The number of fused-ring (bicyclic) bond motifs is 1. The minimum atomic E-state index is -0.709. The molecule has 0 saturated carbocycles. The van der Waals surface area contributed by atoms with Gasteiger partial charge in [-0.3, -0.25) is 4.79 Å². The predicted octanol–water partition coefficient (Wildman–Crippen LogP) is 2.31. The molecule has 2 aromatic carbocycles. The molecule has 0 radical (unpaired) electrons. The first-order valence-corrected chi connectivity index (χ1v) is 9.91. The number of aryl methyl sites for hydroxylation is 2. The summed E-state index contributed by atoms with van der Waals surface area (Å²) in [6.07, 6.45) is 3.15. The van der Waals surface area contributed by atoms with Gasteiger partial charge in [-0.25, -0.2) is 14.4 Å². The van der Waals surface area contributed by atoms with Gasteiger partial charge in [0.1, 0.15) is 5.75 Å². The number of carbonyl (C=O) groups excluding carboxylic acids is 4. The summed E-state index contributed by atoms with van der Waals surface area (Å²) in [6.45, 7) is -0.904. The number of ether oxygens (including phenoxy) is 4. The monoisotopic (exact) mass is 441 g/mol. The highest BCUT2D eigenvalue weighted by molar-refractivity contribution is 6.00. The molecule has 2 aromatic rings. The number of methoxy groups -OCH3 is 2. The molecule has 1 aliphatic carbocycles. The van der Waals surface area contributed by atoms with Gasteiger partial charge in [0.2, 0.25) is 0 Å². The van der Waals surface area contributed by atoms with E-state index in [1.807, 2.05) is 12.1 Å². The number of rotatable bonds is 8. The van der Waals surface area contributed by atoms with Crippen LogP contribution in [0.4, 0.5) is 5.69 Å². The molecule has 168 valence electrons. The van der Waals surface area contributed by atoms with Crippen molar-refractivity contribution < 1.29 is 38.1 Å². The van der Waals surface area contributed by atoms with Crippen molar-refractivity contribution in [2.45, 2.75) is 19.3 Å². The van der Waals surface area contributed by atoms with Crippen molar-refractivity contribution in [3.8, 4) is 5.75 Å². The van der Waals surface area contributed by atoms with Crippen LogP contribution >= 0.6 is 0 Å². The molecule has 0 heterocycles. The van der Waals surface area contributed by atoms with Crippen LogP contribution in [0.2, 0.25) is 0 Å². The van der Waals surface area contributed by atoms with Crippen LogP contribution in [0.5, 0.6) is 5.75 Å². The zero-order valence-electron chi connectivity index (χ0n) is 17.8. The number of anilines is 1. The van der Waals surface area contributed by atoms with Gasteiger partial charge in [-0.2, -0.15) is 0 Å². The minimum Gasteiger partial charge on any atom is -0.482 e. The Morgan fingerprint density at radius 2 is 1.50 bits per heavy atom. The lowest BCUT2D eigenvalue weighted by Gasteiger charge is -2.10. The van der Waals surface area contributed by atoms with Gasteiger partial charge < -0.3 is 24.3 Å². The standard InChI is InChI=1S/C23H23NO8/c1-29-22(27)16-8-17(23(28)30-2)10-18(9-16)24-20(25)12-32-21(26)13-31-19-7-6-14-4-3-5-15(14)11-19/h6-11H,3-5,12-13H2,1-2H3,(H,24,25). The summed E-state index contributed by atoms with van der Waals surface area (Å²) < 4.78 is 19.7. The molecule has 0 bridgehead atoms. The Labute approximate surface area is 184 Å². The van der Waals surface area contributed by atoms with Crippen molar-refractivity contribution in [2.24, 2.45) is 0 Å². The third-order valence-corrected chi connectivity index (χ3v) is 4.85. The minimum absolute atomic E-state index is 0.0467. The van der Waals surface area contributed by atoms with Gasteiger partial charge in [0.15, 0.2) is 13.2 Å². The molecule has 0 saturated heterocycles. The Morgan fingerprint density at radius 1 is 0.844 bits per heavy atom. The lowest BCUT2D eigenvalue weighted by atomic mass is 10.1. The Bertz CT molecular complexity index is 1010. The first-order chi connectivity index (χ1) is 15.4. The molecule has 3 rings (SSSR count). The van der Waals surface area contributed by atoms with E-state index in [0.717, 1.165) is 19.3 Å². The van der Waals surface area contributed by atoms with Crippen LogP contribution in [0.25, 0.3) is 0 Å². The maximum Gasteiger partial charge on any atom is 0.344 e. The molecule has 0 unspecified atom stereocenters. The van der Waals surface area contributed by atoms with Crippen molar-refractivity contribution in [1.82, 2.24) is 0 Å². The van der Waals surface area contributed by atoms with Crippen LogP contribution in [0.3, 0.4) is 0 Å². The highest BCUT2D eigenvalue weighted by Gasteiger charge is 2.16. The van der Waals surface area contributed by atoms with Gasteiger partial charge in [-0.1, -0.05) is 6.07 Å². The fourth-order valence-electron chi connectivity index (χ4n) is 3.34. The SMILES string of the molecule is COC(=O)c1cc(NC(=O)COC(=O)COc2ccc3c(c2)CCC3)cc(C(=O)OC)c1. The number of benzene rings is 2. The van der Waals surface area contributed by atoms with E-state index in [4.69, 9.17) is 9.47 Å². The third kappa shape index (κ3) is 5.84. The molecule has 32 heavy (non-hydrogen) atoms. The van der Waals surface area contributed by atoms with Gasteiger partial charge in [0.25, 0.3) is 5.91 Å². The molecule has 0 atom stereocenters. The smallest absolute Gasteiger partial charge is 0.344 e. The zero-order valence-corrected chi connectivity index (χ0v) is 17.8. The number of nitrogens with one attached hydrogen (secondary N) is 1. The summed E-state index contributed by atoms with van der Waals surface area (Å²) in [5, 5.41) is 2.47. The molecule has 9 nitrogen and oxygen atoms in total. The third-order valence-electron chi connectivity index (χ3n) is 4.85. The van der Waals surface area contributed by atoms with Crippen LogP contribution in [0.15, 0.2) is 36.4 Å². The first kappa shape index (κ1) is 22.8. The fraction of sp³-hybridized carbons (Fsp3) is 0.304. The molecule has 0 aromatic heterocycles. The quantitative estimate of drug-likeness (QED) is 0.490. The summed E-state index contributed by atoms with van der Waals surface area (Å²) in [5.41, 5.74) is 2.75. The second-order valence-electron chi connectivity index (χ2n) is 7.06. The summed E-state index contributed by atoms with van der Waals surface area (Å²) in [4.78, 5) is 47.7. The van der Waals surface area contributed by atoms with E-state index in [2.05, 4.69) is 14.8 Å². The average molecular weight is 441 g/mol. The molecule has 1 amide bonds. The summed E-state index contributed by atoms with van der Waals surface area (Å²) in [6, 6.07) is 9.64. The van der Waals surface area contributed by atoms with Crippen LogP contribution < -0.4 is 10.1 Å². The Morgan fingerprint density at radius 3 is 2.16 bits per heavy atom. The van der Waals surface area contributed by atoms with Crippen LogP contribution in [0.1, 0.15) is 38.3 Å². The lowest BCUT2D eigenvalue weighted by Crippen LogP contribution is -2.24. The Balaban J connectivity index is 1.53. The molecule has 0 spiro atoms. The first-order valence-electron chi connectivity index (χ1n) is 9.91. The number of esters is 3. The molecular formula is C23H23NO8. The zero-order chi connectivity index (χ0) is 23.1. The van der Waals surface area contributed by atoms with Crippen LogP contribution in [0, 0.1) is 0 Å². The van der Waals surface area contributed by atoms with E-state index in [9.17, 15) is 19.2 Å². The number of carbonyl (C=O) groups is 4. The predicted molar refractivity (Wildman–Crippen MR) is 113 cm³/mol. The molecule has 0 fully saturated rings. The van der Waals surface area contributed by atoms with E-state index < -0.39 is 30.4 Å². The molecule has 0 aliphatic heterocycles. The largest absolute Gasteiger partial charge is 0.482 e. The van der Waals surface area contributed by atoms with Gasteiger partial charge in [-0.05, 0) is 60.7 Å². The Kier molecular flexibility index (Phi) is 7.43. The molecule has 1 N–H and O–H groups in total. The maximum absolute atomic E-state index is 12.2. The van der Waals surface area contributed by atoms with Crippen molar-refractivity contribution in [3.63, 3.8) is 0 Å². The number of hydrogen-bond donors (Lipinski definition) is 1. The molecule has 1 aliphatic rings. The molecule has 9 heteroatoms. The van der Waals surface area contributed by atoms with Crippen LogP contribution in [-0.4, -0.2) is 51.2 Å². The number of amides is 1. The fourth-order valence-corrected chi connectivity index (χ4v) is 3.34. The Hall–Kier alpha value is -3.88. The maximum atomic E-state index is 12.2. The van der Waals surface area contributed by atoms with E-state index in [1.54, 1.807) is 6.07 Å². The second-order valence-corrected chi connectivity index (χ2v) is 7.06. The van der Waals surface area contributed by atoms with E-state index in [0.29, 0.717) is 5.75 Å². The van der Waals surface area contributed by atoms with Crippen molar-refractivity contribution in [2.75, 3.05) is 32.8 Å². The lowest BCUT2D eigenvalue weighted by molar-refractivity contribution is -0.149. The normalized spacial score (nSPS) is 11.8. The summed E-state index contributed by atoms with van der Waals surface area (Å²) in [5.74, 6) is -2.18. The second kappa shape index (κ2) is 10.4. The van der Waals surface area contributed by atoms with Gasteiger partial charge >= 0.3 is 17.9 Å². The van der Waals surface area contributed by atoms with Crippen LogP contribution in [-0.2, 0) is 36.6 Å². The topological polar surface area (TPSA) is 117 Å². The van der Waals surface area contributed by atoms with Crippen molar-refractivity contribution >= 4 is 29.5 Å². The van der Waals surface area contributed by atoms with Crippen molar-refractivity contribution in [3.05, 3.63) is 58.7 Å². The van der Waals surface area contributed by atoms with Crippen molar-refractivity contribution in [1.29, 1.82) is 0 Å². The van der Waals surface area contributed by atoms with Gasteiger partial charge in [0.05, 0.1) is 25.3 Å². The van der Waals surface area contributed by atoms with E-state index in [-0.39, 0.29) is 23.4 Å². The molecular weight excluding hydrogens is 418 g/mol.